The first-order chi connectivity index (χ1) is 9.95. The highest BCUT2D eigenvalue weighted by Crippen LogP contribution is 2.34. The second-order valence-electron chi connectivity index (χ2n) is 6.11. The molecule has 3 N–H and O–H groups in total. The minimum atomic E-state index is -3.28. The molecule has 0 heterocycles. The van der Waals surface area contributed by atoms with Crippen molar-refractivity contribution in [1.82, 2.24) is 4.72 Å². The highest BCUT2D eigenvalue weighted by Gasteiger charge is 2.33. The van der Waals surface area contributed by atoms with Gasteiger partial charge in [0.1, 0.15) is 0 Å². The molecule has 0 saturated heterocycles. The van der Waals surface area contributed by atoms with Crippen LogP contribution in [0, 0.1) is 11.8 Å². The lowest BCUT2D eigenvalue weighted by atomic mass is 9.94. The van der Waals surface area contributed by atoms with E-state index >= 15 is 0 Å². The van der Waals surface area contributed by atoms with E-state index in [-0.39, 0.29) is 11.8 Å². The summed E-state index contributed by atoms with van der Waals surface area (Å²) in [4.78, 5) is 0. The molecule has 0 amide bonds. The van der Waals surface area contributed by atoms with E-state index in [0.29, 0.717) is 18.4 Å². The van der Waals surface area contributed by atoms with Crippen LogP contribution < -0.4 is 10.5 Å². The van der Waals surface area contributed by atoms with Gasteiger partial charge in [0.15, 0.2) is 0 Å². The Labute approximate surface area is 128 Å². The van der Waals surface area contributed by atoms with Crippen LogP contribution in [0.5, 0.6) is 0 Å². The number of hydrogen-bond donors (Lipinski definition) is 2. The lowest BCUT2D eigenvalue weighted by Crippen LogP contribution is -2.38. The van der Waals surface area contributed by atoms with E-state index in [0.717, 1.165) is 30.4 Å². The predicted molar refractivity (Wildman–Crippen MR) is 86.1 cm³/mol. The fourth-order valence-corrected chi connectivity index (χ4v) is 4.76. The summed E-state index contributed by atoms with van der Waals surface area (Å²) in [7, 11) is -3.28. The molecule has 21 heavy (non-hydrogen) atoms. The van der Waals surface area contributed by atoms with Crippen molar-refractivity contribution < 1.29 is 8.42 Å². The zero-order chi connectivity index (χ0) is 15.5. The third-order valence-electron chi connectivity index (χ3n) is 4.70. The molecule has 0 spiro atoms. The van der Waals surface area contributed by atoms with Gasteiger partial charge in [-0.05, 0) is 35.8 Å². The molecular formula is C16H26N2O2S. The Balaban J connectivity index is 1.98. The summed E-state index contributed by atoms with van der Waals surface area (Å²) in [5.41, 5.74) is 7.36. The first-order valence-electron chi connectivity index (χ1n) is 7.73. The van der Waals surface area contributed by atoms with Gasteiger partial charge in [0.2, 0.25) is 10.0 Å². The van der Waals surface area contributed by atoms with Gasteiger partial charge in [-0.2, -0.15) is 0 Å². The molecule has 4 nitrogen and oxygen atoms in total. The third kappa shape index (κ3) is 4.28. The second-order valence-corrected chi connectivity index (χ2v) is 7.86. The Morgan fingerprint density at radius 1 is 1.19 bits per heavy atom. The molecule has 0 aromatic heterocycles. The lowest BCUT2D eigenvalue weighted by molar-refractivity contribution is 0.368. The molecule has 0 radical (unpaired) electrons. The predicted octanol–water partition coefficient (Wildman–Crippen LogP) is 2.39. The van der Waals surface area contributed by atoms with Crippen molar-refractivity contribution in [3.8, 4) is 0 Å². The van der Waals surface area contributed by atoms with Crippen molar-refractivity contribution in [1.29, 1.82) is 0 Å². The summed E-state index contributed by atoms with van der Waals surface area (Å²) in [5, 5.41) is 0. The van der Waals surface area contributed by atoms with Gasteiger partial charge in [-0.3, -0.25) is 0 Å². The summed E-state index contributed by atoms with van der Waals surface area (Å²) in [6, 6.07) is 7.54. The first kappa shape index (κ1) is 16.5. The van der Waals surface area contributed by atoms with Gasteiger partial charge in [0.05, 0.1) is 5.75 Å². The zero-order valence-electron chi connectivity index (χ0n) is 12.9. The Morgan fingerprint density at radius 3 is 2.33 bits per heavy atom. The molecule has 1 saturated carbocycles. The number of nitrogens with one attached hydrogen (secondary N) is 1. The van der Waals surface area contributed by atoms with Crippen molar-refractivity contribution >= 4 is 10.0 Å². The van der Waals surface area contributed by atoms with Gasteiger partial charge in [-0.15, -0.1) is 0 Å². The summed E-state index contributed by atoms with van der Waals surface area (Å²) in [6.07, 6.45) is 3.20. The molecule has 1 aromatic carbocycles. The third-order valence-corrected chi connectivity index (χ3v) is 6.07. The lowest BCUT2D eigenvalue weighted by Gasteiger charge is -2.21. The number of benzene rings is 1. The van der Waals surface area contributed by atoms with Crippen molar-refractivity contribution in [3.05, 3.63) is 35.4 Å². The molecule has 3 atom stereocenters. The summed E-state index contributed by atoms with van der Waals surface area (Å²) in [6.45, 7) is 4.81. The van der Waals surface area contributed by atoms with Crippen molar-refractivity contribution in [2.75, 3.05) is 0 Å². The van der Waals surface area contributed by atoms with Gasteiger partial charge >= 0.3 is 0 Å². The van der Waals surface area contributed by atoms with Gasteiger partial charge in [0, 0.05) is 12.6 Å². The number of rotatable bonds is 6. The SMILES string of the molecule is CCC1CCC(NS(=O)(=O)Cc2ccc(CN)cc2)C1C. The quantitative estimate of drug-likeness (QED) is 0.847. The molecule has 1 aliphatic rings. The maximum absolute atomic E-state index is 12.3. The van der Waals surface area contributed by atoms with Gasteiger partial charge < -0.3 is 5.73 Å². The first-order valence-corrected chi connectivity index (χ1v) is 9.38. The minimum absolute atomic E-state index is 0.0395. The molecule has 2 rings (SSSR count). The molecular weight excluding hydrogens is 284 g/mol. The molecule has 5 heteroatoms. The summed E-state index contributed by atoms with van der Waals surface area (Å²) >= 11 is 0. The van der Waals surface area contributed by atoms with E-state index in [9.17, 15) is 8.42 Å². The second kappa shape index (κ2) is 6.90. The average Bonchev–Trinajstić information content (AvgIpc) is 2.79. The maximum atomic E-state index is 12.3. The van der Waals surface area contributed by atoms with Crippen LogP contribution in [0.15, 0.2) is 24.3 Å². The van der Waals surface area contributed by atoms with E-state index in [4.69, 9.17) is 5.73 Å². The standard InChI is InChI=1S/C16H26N2O2S/c1-3-15-8-9-16(12(15)2)18-21(19,20)11-14-6-4-13(10-17)5-7-14/h4-7,12,15-16,18H,3,8-11,17H2,1-2H3. The Bertz CT molecular complexity index is 554. The van der Waals surface area contributed by atoms with Crippen molar-refractivity contribution in [2.24, 2.45) is 17.6 Å². The van der Waals surface area contributed by atoms with Crippen LogP contribution in [0.3, 0.4) is 0 Å². The van der Waals surface area contributed by atoms with E-state index in [1.807, 2.05) is 24.3 Å². The fraction of sp³-hybridized carbons (Fsp3) is 0.625. The molecule has 118 valence electrons. The van der Waals surface area contributed by atoms with Crippen LogP contribution >= 0.6 is 0 Å². The number of nitrogens with two attached hydrogens (primary N) is 1. The van der Waals surface area contributed by atoms with E-state index in [2.05, 4.69) is 18.6 Å². The highest BCUT2D eigenvalue weighted by atomic mass is 32.2. The Hall–Kier alpha value is -0.910. The van der Waals surface area contributed by atoms with E-state index < -0.39 is 10.0 Å². The van der Waals surface area contributed by atoms with Gasteiger partial charge in [-0.25, -0.2) is 13.1 Å². The van der Waals surface area contributed by atoms with Crippen LogP contribution in [0.1, 0.15) is 44.2 Å². The topological polar surface area (TPSA) is 72.2 Å². The van der Waals surface area contributed by atoms with Crippen molar-refractivity contribution in [3.63, 3.8) is 0 Å². The van der Waals surface area contributed by atoms with Gasteiger partial charge in [-0.1, -0.05) is 44.5 Å². The zero-order valence-corrected chi connectivity index (χ0v) is 13.7. The molecule has 3 unspecified atom stereocenters. The minimum Gasteiger partial charge on any atom is -0.326 e. The van der Waals surface area contributed by atoms with Crippen LogP contribution in [0.25, 0.3) is 0 Å². The Morgan fingerprint density at radius 2 is 1.81 bits per heavy atom. The van der Waals surface area contributed by atoms with Crippen LogP contribution in [-0.2, 0) is 22.3 Å². The average molecular weight is 310 g/mol. The largest absolute Gasteiger partial charge is 0.326 e. The summed E-state index contributed by atoms with van der Waals surface area (Å²) in [5.74, 6) is 1.10. The number of hydrogen-bond acceptors (Lipinski definition) is 3. The highest BCUT2D eigenvalue weighted by molar-refractivity contribution is 7.88. The molecule has 1 fully saturated rings. The van der Waals surface area contributed by atoms with Gasteiger partial charge in [0.25, 0.3) is 0 Å². The maximum Gasteiger partial charge on any atom is 0.216 e. The number of sulfonamides is 1. The molecule has 0 bridgehead atoms. The smallest absolute Gasteiger partial charge is 0.216 e. The summed E-state index contributed by atoms with van der Waals surface area (Å²) < 4.78 is 27.5. The molecule has 1 aliphatic carbocycles. The normalized spacial score (nSPS) is 26.1. The Kier molecular flexibility index (Phi) is 5.41. The fourth-order valence-electron chi connectivity index (χ4n) is 3.25. The van der Waals surface area contributed by atoms with Crippen LogP contribution in [0.4, 0.5) is 0 Å². The van der Waals surface area contributed by atoms with E-state index in [1.165, 1.54) is 0 Å². The van der Waals surface area contributed by atoms with Crippen molar-refractivity contribution in [2.45, 2.75) is 51.4 Å². The van der Waals surface area contributed by atoms with Crippen LogP contribution in [0.2, 0.25) is 0 Å². The van der Waals surface area contributed by atoms with Crippen LogP contribution in [-0.4, -0.2) is 14.5 Å². The monoisotopic (exact) mass is 310 g/mol. The molecule has 0 aliphatic heterocycles. The molecule has 1 aromatic rings. The van der Waals surface area contributed by atoms with E-state index in [1.54, 1.807) is 0 Å².